The van der Waals surface area contributed by atoms with E-state index in [1.165, 1.54) is 24.5 Å². The minimum absolute atomic E-state index is 0.0746. The summed E-state index contributed by atoms with van der Waals surface area (Å²) in [5, 5.41) is 4.88. The van der Waals surface area contributed by atoms with E-state index in [1.807, 2.05) is 0 Å². The maximum absolute atomic E-state index is 14.1. The minimum Gasteiger partial charge on any atom is -0.356 e. The summed E-state index contributed by atoms with van der Waals surface area (Å²) in [5.41, 5.74) is 1.64. The zero-order chi connectivity index (χ0) is 16.0. The molecular formula is C16H8ClF2N3O. The Kier molecular flexibility index (Phi) is 3.12. The molecular weight excluding hydrogens is 324 g/mol. The van der Waals surface area contributed by atoms with E-state index in [4.69, 9.17) is 16.1 Å². The number of aromatic amines is 1. The highest BCUT2D eigenvalue weighted by Crippen LogP contribution is 2.37. The fourth-order valence-corrected chi connectivity index (χ4v) is 2.66. The lowest BCUT2D eigenvalue weighted by Crippen LogP contribution is -1.89. The van der Waals surface area contributed by atoms with Gasteiger partial charge in [-0.15, -0.1) is 0 Å². The van der Waals surface area contributed by atoms with Gasteiger partial charge in [0, 0.05) is 28.9 Å². The van der Waals surface area contributed by atoms with Crippen LogP contribution in [0.4, 0.5) is 8.78 Å². The molecule has 0 bridgehead atoms. The monoisotopic (exact) mass is 331 g/mol. The molecule has 0 amide bonds. The normalized spacial score (nSPS) is 11.3. The van der Waals surface area contributed by atoms with Crippen molar-refractivity contribution in [2.24, 2.45) is 0 Å². The lowest BCUT2D eigenvalue weighted by atomic mass is 10.0. The molecule has 0 fully saturated rings. The molecule has 0 saturated carbocycles. The summed E-state index contributed by atoms with van der Waals surface area (Å²) in [4.78, 5) is 7.14. The number of aromatic nitrogens is 3. The fraction of sp³-hybridized carbons (Fsp3) is 0. The van der Waals surface area contributed by atoms with Crippen LogP contribution in [0.5, 0.6) is 0 Å². The number of hydrogen-bond acceptors (Lipinski definition) is 3. The third-order valence-corrected chi connectivity index (χ3v) is 3.76. The van der Waals surface area contributed by atoms with Gasteiger partial charge in [-0.2, -0.15) is 0 Å². The second-order valence-corrected chi connectivity index (χ2v) is 5.36. The first kappa shape index (κ1) is 13.9. The zero-order valence-corrected chi connectivity index (χ0v) is 12.2. The molecule has 1 aromatic carbocycles. The molecule has 114 valence electrons. The van der Waals surface area contributed by atoms with Gasteiger partial charge in [-0.3, -0.25) is 0 Å². The van der Waals surface area contributed by atoms with Gasteiger partial charge in [0.2, 0.25) is 0 Å². The Hall–Kier alpha value is -2.73. The number of hydrogen-bond donors (Lipinski definition) is 1. The van der Waals surface area contributed by atoms with Crippen molar-refractivity contribution in [3.05, 3.63) is 59.5 Å². The van der Waals surface area contributed by atoms with E-state index >= 15 is 0 Å². The minimum atomic E-state index is -0.951. The van der Waals surface area contributed by atoms with E-state index in [0.29, 0.717) is 32.9 Å². The molecule has 23 heavy (non-hydrogen) atoms. The maximum Gasteiger partial charge on any atom is 0.176 e. The Balaban J connectivity index is 1.96. The predicted molar refractivity (Wildman–Crippen MR) is 82.0 cm³/mol. The van der Waals surface area contributed by atoms with Gasteiger partial charge in [0.15, 0.2) is 17.4 Å². The summed E-state index contributed by atoms with van der Waals surface area (Å²) in [6.07, 6.45) is 4.52. The van der Waals surface area contributed by atoms with Gasteiger partial charge < -0.3 is 9.51 Å². The molecule has 0 aliphatic heterocycles. The SMILES string of the molecule is Fc1cccc(-c2cnoc2-c2c[nH]c3ncc(Cl)cc23)c1F. The van der Waals surface area contributed by atoms with Crippen molar-refractivity contribution >= 4 is 22.6 Å². The summed E-state index contributed by atoms with van der Waals surface area (Å²) in [6, 6.07) is 5.66. The molecule has 0 aliphatic rings. The number of benzene rings is 1. The van der Waals surface area contributed by atoms with E-state index in [9.17, 15) is 8.78 Å². The summed E-state index contributed by atoms with van der Waals surface area (Å²) >= 11 is 5.98. The van der Waals surface area contributed by atoms with E-state index in [0.717, 1.165) is 6.07 Å². The molecule has 3 aromatic heterocycles. The first-order chi connectivity index (χ1) is 11.1. The van der Waals surface area contributed by atoms with Gasteiger partial charge in [0.1, 0.15) is 5.65 Å². The highest BCUT2D eigenvalue weighted by atomic mass is 35.5. The number of nitrogens with one attached hydrogen (secondary N) is 1. The van der Waals surface area contributed by atoms with Crippen LogP contribution in [0.1, 0.15) is 0 Å². The van der Waals surface area contributed by atoms with E-state index in [2.05, 4.69) is 15.1 Å². The third-order valence-electron chi connectivity index (χ3n) is 3.55. The number of rotatable bonds is 2. The van der Waals surface area contributed by atoms with Crippen LogP contribution in [0.2, 0.25) is 5.02 Å². The smallest absolute Gasteiger partial charge is 0.176 e. The number of fused-ring (bicyclic) bond motifs is 1. The second kappa shape index (κ2) is 5.17. The van der Waals surface area contributed by atoms with Crippen molar-refractivity contribution in [2.45, 2.75) is 0 Å². The number of halogens is 3. The van der Waals surface area contributed by atoms with E-state index < -0.39 is 11.6 Å². The molecule has 0 spiro atoms. The zero-order valence-electron chi connectivity index (χ0n) is 11.5. The fourth-order valence-electron chi connectivity index (χ4n) is 2.50. The molecule has 4 rings (SSSR count). The summed E-state index contributed by atoms with van der Waals surface area (Å²) in [6.45, 7) is 0. The molecule has 0 radical (unpaired) electrons. The van der Waals surface area contributed by atoms with E-state index in [1.54, 1.807) is 12.3 Å². The van der Waals surface area contributed by atoms with Crippen molar-refractivity contribution in [3.63, 3.8) is 0 Å². The van der Waals surface area contributed by atoms with Crippen molar-refractivity contribution in [3.8, 4) is 22.5 Å². The largest absolute Gasteiger partial charge is 0.356 e. The Morgan fingerprint density at radius 1 is 1.09 bits per heavy atom. The van der Waals surface area contributed by atoms with Crippen molar-refractivity contribution in [1.82, 2.24) is 15.1 Å². The average molecular weight is 332 g/mol. The van der Waals surface area contributed by atoms with Crippen LogP contribution in [0.3, 0.4) is 0 Å². The molecule has 4 aromatic rings. The highest BCUT2D eigenvalue weighted by Gasteiger charge is 2.20. The van der Waals surface area contributed by atoms with Gasteiger partial charge in [-0.1, -0.05) is 28.9 Å². The van der Waals surface area contributed by atoms with E-state index in [-0.39, 0.29) is 5.56 Å². The lowest BCUT2D eigenvalue weighted by molar-refractivity contribution is 0.432. The maximum atomic E-state index is 14.1. The summed E-state index contributed by atoms with van der Waals surface area (Å²) in [5.74, 6) is -1.57. The van der Waals surface area contributed by atoms with Gasteiger partial charge in [0.25, 0.3) is 0 Å². The summed E-state index contributed by atoms with van der Waals surface area (Å²) in [7, 11) is 0. The number of nitrogens with zero attached hydrogens (tertiary/aromatic N) is 2. The first-order valence-electron chi connectivity index (χ1n) is 6.67. The Morgan fingerprint density at radius 3 is 2.83 bits per heavy atom. The number of H-pyrrole nitrogens is 1. The molecule has 3 heterocycles. The van der Waals surface area contributed by atoms with Crippen LogP contribution < -0.4 is 0 Å². The Bertz CT molecular complexity index is 1030. The average Bonchev–Trinajstić information content (AvgIpc) is 3.15. The number of pyridine rings is 1. The van der Waals surface area contributed by atoms with Crippen molar-refractivity contribution in [2.75, 3.05) is 0 Å². The molecule has 1 N–H and O–H groups in total. The van der Waals surface area contributed by atoms with Crippen LogP contribution in [0.25, 0.3) is 33.5 Å². The lowest BCUT2D eigenvalue weighted by Gasteiger charge is -2.03. The van der Waals surface area contributed by atoms with Crippen LogP contribution in [-0.4, -0.2) is 15.1 Å². The predicted octanol–water partition coefficient (Wildman–Crippen LogP) is 4.82. The Morgan fingerprint density at radius 2 is 1.96 bits per heavy atom. The second-order valence-electron chi connectivity index (χ2n) is 4.92. The highest BCUT2D eigenvalue weighted by molar-refractivity contribution is 6.31. The Labute approximate surface area is 133 Å². The molecule has 7 heteroatoms. The van der Waals surface area contributed by atoms with Crippen molar-refractivity contribution < 1.29 is 13.3 Å². The topological polar surface area (TPSA) is 54.7 Å². The van der Waals surface area contributed by atoms with Crippen LogP contribution in [0.15, 0.2) is 47.4 Å². The van der Waals surface area contributed by atoms with Crippen molar-refractivity contribution in [1.29, 1.82) is 0 Å². The molecule has 0 saturated heterocycles. The van der Waals surface area contributed by atoms with Gasteiger partial charge >= 0.3 is 0 Å². The van der Waals surface area contributed by atoms with Crippen LogP contribution in [-0.2, 0) is 0 Å². The first-order valence-corrected chi connectivity index (χ1v) is 7.05. The quantitative estimate of drug-likeness (QED) is 0.573. The molecule has 0 atom stereocenters. The summed E-state index contributed by atoms with van der Waals surface area (Å²) < 4.78 is 32.8. The molecule has 4 nitrogen and oxygen atoms in total. The molecule has 0 unspecified atom stereocenters. The van der Waals surface area contributed by atoms with Gasteiger partial charge in [-0.25, -0.2) is 13.8 Å². The van der Waals surface area contributed by atoms with Crippen LogP contribution in [0, 0.1) is 11.6 Å². The third kappa shape index (κ3) is 2.19. The van der Waals surface area contributed by atoms with Crippen LogP contribution >= 0.6 is 11.6 Å². The van der Waals surface area contributed by atoms with Gasteiger partial charge in [-0.05, 0) is 12.1 Å². The molecule has 0 aliphatic carbocycles. The van der Waals surface area contributed by atoms with Gasteiger partial charge in [0.05, 0.1) is 16.8 Å². The standard InChI is InChI=1S/C16H8ClF2N3O/c17-8-4-10-11(6-21-16(10)20-5-8)15-12(7-22-23-15)9-2-1-3-13(18)14(9)19/h1-7H,(H,20,21).